The summed E-state index contributed by atoms with van der Waals surface area (Å²) in [7, 11) is 0. The first-order chi connectivity index (χ1) is 5.85. The minimum atomic E-state index is -0.292. The Labute approximate surface area is 71.4 Å². The number of carbonyl (C=O) groups excluding carboxylic acids is 1. The highest BCUT2D eigenvalue weighted by Crippen LogP contribution is 1.90. The van der Waals surface area contributed by atoms with Crippen LogP contribution in [0.4, 0.5) is 4.53 Å². The summed E-state index contributed by atoms with van der Waals surface area (Å²) in [6, 6.07) is 0.726. The lowest BCUT2D eigenvalue weighted by Gasteiger charge is -2.22. The Morgan fingerprint density at radius 2 is 2.33 bits per heavy atom. The lowest BCUT2D eigenvalue weighted by Crippen LogP contribution is -2.47. The second-order valence-corrected chi connectivity index (χ2v) is 2.45. The van der Waals surface area contributed by atoms with E-state index in [1.54, 1.807) is 0 Å². The predicted molar refractivity (Wildman–Crippen MR) is 43.2 cm³/mol. The molecule has 12 heavy (non-hydrogen) atoms. The molecule has 4 nitrogen and oxygen atoms in total. The summed E-state index contributed by atoms with van der Waals surface area (Å²) in [6.07, 6.45) is 1.24. The van der Waals surface area contributed by atoms with Gasteiger partial charge < -0.3 is 10.6 Å². The van der Waals surface area contributed by atoms with Crippen LogP contribution in [0.2, 0.25) is 0 Å². The van der Waals surface area contributed by atoms with Crippen molar-refractivity contribution >= 4 is 6.47 Å². The van der Waals surface area contributed by atoms with Gasteiger partial charge in [0.1, 0.15) is 0 Å². The Balaban J connectivity index is 0.000000261. The van der Waals surface area contributed by atoms with E-state index in [1.165, 1.54) is 6.42 Å². The average Bonchev–Trinajstić information content (AvgIpc) is 2.19. The minimum absolute atomic E-state index is 0.292. The van der Waals surface area contributed by atoms with Gasteiger partial charge in [0, 0.05) is 30.2 Å². The van der Waals surface area contributed by atoms with Gasteiger partial charge in [0.15, 0.2) is 0 Å². The molecule has 72 valence electrons. The first kappa shape index (κ1) is 11.3. The van der Waals surface area contributed by atoms with Gasteiger partial charge in [0.05, 0.1) is 0 Å². The summed E-state index contributed by atoms with van der Waals surface area (Å²) in [4.78, 5) is 10.9. The number of carbonyl (C=O) groups is 1. The van der Waals surface area contributed by atoms with Crippen LogP contribution in [0, 0.1) is 0 Å². The zero-order valence-corrected chi connectivity index (χ0v) is 7.18. The predicted octanol–water partition coefficient (Wildman–Crippen LogP) is 0.00170. The Morgan fingerprint density at radius 1 is 1.67 bits per heavy atom. The van der Waals surface area contributed by atoms with Crippen LogP contribution in [0.25, 0.3) is 0 Å². The maximum absolute atomic E-state index is 9.85. The fourth-order valence-electron chi connectivity index (χ4n) is 1.00. The Hall–Kier alpha value is -0.680. The third kappa shape index (κ3) is 6.06. The molecule has 5 heteroatoms. The molecule has 0 amide bonds. The Kier molecular flexibility index (Phi) is 7.94. The average molecular weight is 178 g/mol. The van der Waals surface area contributed by atoms with Crippen LogP contribution in [-0.4, -0.2) is 32.1 Å². The Morgan fingerprint density at radius 3 is 2.58 bits per heavy atom. The number of halogens is 1. The molecule has 0 radical (unpaired) electrons. The normalized spacial score (nSPS) is 22.0. The molecule has 0 spiro atoms. The van der Waals surface area contributed by atoms with Crippen LogP contribution in [0.5, 0.6) is 0 Å². The van der Waals surface area contributed by atoms with Gasteiger partial charge in [0.25, 0.3) is 0 Å². The third-order valence-corrected chi connectivity index (χ3v) is 1.65. The van der Waals surface area contributed by atoms with E-state index in [0.29, 0.717) is 0 Å². The topological polar surface area (TPSA) is 50.4 Å². The first-order valence-corrected chi connectivity index (χ1v) is 4.00. The van der Waals surface area contributed by atoms with E-state index >= 15 is 0 Å². The van der Waals surface area contributed by atoms with Gasteiger partial charge in [0.2, 0.25) is 0 Å². The highest BCUT2D eigenvalue weighted by molar-refractivity contribution is 5.35. The molecule has 1 heterocycles. The van der Waals surface area contributed by atoms with Gasteiger partial charge in [-0.3, -0.25) is 9.74 Å². The molecule has 0 bridgehead atoms. The van der Waals surface area contributed by atoms with Gasteiger partial charge in [-0.2, -0.15) is 0 Å². The number of rotatable bonds is 2. The van der Waals surface area contributed by atoms with Gasteiger partial charge in [-0.1, -0.05) is 6.92 Å². The fraction of sp³-hybridized carbons (Fsp3) is 0.857. The van der Waals surface area contributed by atoms with Crippen molar-refractivity contribution < 1.29 is 14.3 Å². The largest absolute Gasteiger partial charge is 0.337 e. The quantitative estimate of drug-likeness (QED) is 0.584. The molecule has 2 N–H and O–H groups in total. The van der Waals surface area contributed by atoms with Crippen LogP contribution in [-0.2, 0) is 9.74 Å². The van der Waals surface area contributed by atoms with E-state index in [2.05, 4.69) is 22.5 Å². The summed E-state index contributed by atoms with van der Waals surface area (Å²) in [5, 5.41) is 6.73. The molecule has 1 rings (SSSR count). The summed E-state index contributed by atoms with van der Waals surface area (Å²) >= 11 is 0. The minimum Gasteiger partial charge on any atom is -0.314 e. The molecule has 0 aromatic rings. The summed E-state index contributed by atoms with van der Waals surface area (Å²) < 4.78 is 9.85. The van der Waals surface area contributed by atoms with Crippen molar-refractivity contribution in [1.82, 2.24) is 10.6 Å². The molecule has 1 aliphatic rings. The number of hydrogen-bond acceptors (Lipinski definition) is 4. The van der Waals surface area contributed by atoms with E-state index < -0.39 is 0 Å². The monoisotopic (exact) mass is 178 g/mol. The van der Waals surface area contributed by atoms with Crippen molar-refractivity contribution in [1.29, 1.82) is 0 Å². The lowest BCUT2D eigenvalue weighted by atomic mass is 10.2. The molecule has 0 aromatic heterocycles. The molecule has 0 saturated carbocycles. The van der Waals surface area contributed by atoms with Crippen molar-refractivity contribution in [2.24, 2.45) is 0 Å². The fourth-order valence-corrected chi connectivity index (χ4v) is 1.00. The smallest absolute Gasteiger partial charge is 0.314 e. The second kappa shape index (κ2) is 8.42. The summed E-state index contributed by atoms with van der Waals surface area (Å²) in [5.41, 5.74) is 0. The number of nitrogens with one attached hydrogen (secondary N) is 2. The van der Waals surface area contributed by atoms with Gasteiger partial charge in [-0.25, -0.2) is 0 Å². The summed E-state index contributed by atoms with van der Waals surface area (Å²) in [6.45, 7) is 5.34. The second-order valence-electron chi connectivity index (χ2n) is 2.45. The molecule has 1 saturated heterocycles. The molecular weight excluding hydrogens is 163 g/mol. The van der Waals surface area contributed by atoms with E-state index in [1.807, 2.05) is 0 Å². The SMILES string of the molecule is CCC1CNCCN1.O=COF. The van der Waals surface area contributed by atoms with Crippen LogP contribution in [0.15, 0.2) is 0 Å². The summed E-state index contributed by atoms with van der Waals surface area (Å²) in [5.74, 6) is 0. The van der Waals surface area contributed by atoms with Crippen molar-refractivity contribution in [3.63, 3.8) is 0 Å². The van der Waals surface area contributed by atoms with Crippen molar-refractivity contribution in [2.75, 3.05) is 19.6 Å². The van der Waals surface area contributed by atoms with Gasteiger partial charge in [-0.15, -0.1) is 0 Å². The highest BCUT2D eigenvalue weighted by Gasteiger charge is 2.07. The van der Waals surface area contributed by atoms with E-state index in [9.17, 15) is 4.53 Å². The first-order valence-electron chi connectivity index (χ1n) is 4.00. The molecule has 0 aromatic carbocycles. The van der Waals surface area contributed by atoms with Crippen LogP contribution < -0.4 is 10.6 Å². The lowest BCUT2D eigenvalue weighted by molar-refractivity contribution is -0.165. The van der Waals surface area contributed by atoms with E-state index in [0.717, 1.165) is 25.7 Å². The molecule has 1 aliphatic heterocycles. The van der Waals surface area contributed by atoms with Crippen molar-refractivity contribution in [3.8, 4) is 0 Å². The van der Waals surface area contributed by atoms with Crippen molar-refractivity contribution in [3.05, 3.63) is 0 Å². The maximum Gasteiger partial charge on any atom is 0.337 e. The highest BCUT2D eigenvalue weighted by atomic mass is 19.3. The number of hydrogen-bond donors (Lipinski definition) is 2. The van der Waals surface area contributed by atoms with E-state index in [4.69, 9.17) is 4.79 Å². The third-order valence-electron chi connectivity index (χ3n) is 1.65. The molecule has 0 aliphatic carbocycles. The molecule has 1 atom stereocenters. The zero-order chi connectivity index (χ0) is 9.23. The standard InChI is InChI=1S/C6H14N2.CHFO2/c1-2-6-5-7-3-4-8-6;2-4-1-3/h6-8H,2-5H2,1H3;1H. The van der Waals surface area contributed by atoms with E-state index in [-0.39, 0.29) is 6.47 Å². The molecule has 1 unspecified atom stereocenters. The van der Waals surface area contributed by atoms with Crippen molar-refractivity contribution in [2.45, 2.75) is 19.4 Å². The molecule has 1 fully saturated rings. The van der Waals surface area contributed by atoms with Gasteiger partial charge in [-0.05, 0) is 6.42 Å². The molecular formula is C7H15FN2O2. The van der Waals surface area contributed by atoms with Crippen LogP contribution >= 0.6 is 0 Å². The Bertz CT molecular complexity index is 108. The number of piperazine rings is 1. The maximum atomic E-state index is 9.85. The van der Waals surface area contributed by atoms with Crippen LogP contribution in [0.1, 0.15) is 13.3 Å². The van der Waals surface area contributed by atoms with Crippen LogP contribution in [0.3, 0.4) is 0 Å². The van der Waals surface area contributed by atoms with Gasteiger partial charge >= 0.3 is 6.47 Å². The zero-order valence-electron chi connectivity index (χ0n) is 7.18.